The van der Waals surface area contributed by atoms with Crippen LogP contribution in [0, 0.1) is 15.9 Å². The number of carbonyl (C=O) groups is 1. The minimum atomic E-state index is -1.08. The summed E-state index contributed by atoms with van der Waals surface area (Å²) in [7, 11) is 0. The highest BCUT2D eigenvalue weighted by Crippen LogP contribution is 2.29. The molecule has 0 radical (unpaired) electrons. The summed E-state index contributed by atoms with van der Waals surface area (Å²) in [5.41, 5.74) is -1.69. The third-order valence-electron chi connectivity index (χ3n) is 3.72. The third kappa shape index (κ3) is 3.02. The molecule has 1 aliphatic rings. The number of amides is 1. The first-order valence-corrected chi connectivity index (χ1v) is 6.69. The molecule has 7 heteroatoms. The van der Waals surface area contributed by atoms with Crippen LogP contribution in [0.5, 0.6) is 0 Å². The van der Waals surface area contributed by atoms with E-state index in [4.69, 9.17) is 0 Å². The van der Waals surface area contributed by atoms with E-state index in [0.717, 1.165) is 24.6 Å². The van der Waals surface area contributed by atoms with Gasteiger partial charge in [-0.3, -0.25) is 14.9 Å². The van der Waals surface area contributed by atoms with E-state index in [1.165, 1.54) is 4.90 Å². The van der Waals surface area contributed by atoms with Crippen LogP contribution in [0.15, 0.2) is 18.2 Å². The molecule has 1 unspecified atom stereocenters. The van der Waals surface area contributed by atoms with Gasteiger partial charge in [-0.15, -0.1) is 0 Å². The molecule has 1 N–H and O–H groups in total. The predicted octanol–water partition coefficient (Wildman–Crippen LogP) is 2.11. The van der Waals surface area contributed by atoms with Crippen LogP contribution in [0.25, 0.3) is 0 Å². The molecule has 114 valence electrons. The molecular weight excluding hydrogens is 279 g/mol. The second-order valence-electron chi connectivity index (χ2n) is 5.73. The molecule has 1 heterocycles. The summed E-state index contributed by atoms with van der Waals surface area (Å²) in [6, 6.07) is 2.57. The number of benzene rings is 1. The standard InChI is InChI=1S/C14H17FN2O4/c1-14(2,19)12-4-3-7-16(12)13(18)10-6-5-9(17(20)21)8-11(10)15/h5-6,8,12,19H,3-4,7H2,1-2H3. The maximum absolute atomic E-state index is 13.9. The van der Waals surface area contributed by atoms with Gasteiger partial charge >= 0.3 is 0 Å². The lowest BCUT2D eigenvalue weighted by Gasteiger charge is -2.33. The Balaban J connectivity index is 2.30. The minimum Gasteiger partial charge on any atom is -0.388 e. The molecule has 1 aromatic rings. The Morgan fingerprint density at radius 3 is 2.71 bits per heavy atom. The maximum Gasteiger partial charge on any atom is 0.272 e. The van der Waals surface area contributed by atoms with Crippen LogP contribution in [0.3, 0.4) is 0 Å². The first-order valence-electron chi connectivity index (χ1n) is 6.69. The number of nitrogens with zero attached hydrogens (tertiary/aromatic N) is 2. The van der Waals surface area contributed by atoms with E-state index in [-0.39, 0.29) is 11.6 Å². The first-order chi connectivity index (χ1) is 9.71. The Hall–Kier alpha value is -2.02. The number of carbonyl (C=O) groups excluding carboxylic acids is 1. The first kappa shape index (κ1) is 15.4. The number of hydrogen-bond acceptors (Lipinski definition) is 4. The summed E-state index contributed by atoms with van der Waals surface area (Å²) in [6.45, 7) is 3.65. The normalized spacial score (nSPS) is 18.9. The van der Waals surface area contributed by atoms with Crippen molar-refractivity contribution in [1.29, 1.82) is 0 Å². The molecular formula is C14H17FN2O4. The Kier molecular flexibility index (Phi) is 3.95. The summed E-state index contributed by atoms with van der Waals surface area (Å²) in [4.78, 5) is 23.7. The summed E-state index contributed by atoms with van der Waals surface area (Å²) < 4.78 is 13.9. The van der Waals surface area contributed by atoms with E-state index >= 15 is 0 Å². The van der Waals surface area contributed by atoms with Gasteiger partial charge < -0.3 is 10.0 Å². The van der Waals surface area contributed by atoms with Crippen LogP contribution in [0.2, 0.25) is 0 Å². The van der Waals surface area contributed by atoms with Gasteiger partial charge in [0.05, 0.1) is 28.2 Å². The number of nitro groups is 1. The molecule has 0 aromatic heterocycles. The highest BCUT2D eigenvalue weighted by molar-refractivity contribution is 5.95. The number of hydrogen-bond donors (Lipinski definition) is 1. The Bertz CT molecular complexity index is 583. The van der Waals surface area contributed by atoms with Crippen LogP contribution in [-0.4, -0.2) is 39.0 Å². The Labute approximate surface area is 121 Å². The van der Waals surface area contributed by atoms with Gasteiger partial charge in [0.25, 0.3) is 11.6 Å². The number of halogens is 1. The molecule has 0 aliphatic carbocycles. The van der Waals surface area contributed by atoms with E-state index in [0.29, 0.717) is 13.0 Å². The number of rotatable bonds is 3. The van der Waals surface area contributed by atoms with E-state index in [1.54, 1.807) is 13.8 Å². The van der Waals surface area contributed by atoms with Crippen molar-refractivity contribution in [2.75, 3.05) is 6.54 Å². The van der Waals surface area contributed by atoms with Crippen molar-refractivity contribution < 1.29 is 19.2 Å². The van der Waals surface area contributed by atoms with Crippen molar-refractivity contribution in [3.8, 4) is 0 Å². The number of aliphatic hydroxyl groups is 1. The fourth-order valence-electron chi connectivity index (χ4n) is 2.69. The second-order valence-corrected chi connectivity index (χ2v) is 5.73. The zero-order valence-electron chi connectivity index (χ0n) is 11.9. The topological polar surface area (TPSA) is 83.7 Å². The molecule has 21 heavy (non-hydrogen) atoms. The summed E-state index contributed by atoms with van der Waals surface area (Å²) in [5, 5.41) is 20.7. The molecule has 1 aromatic carbocycles. The van der Waals surface area contributed by atoms with Crippen molar-refractivity contribution >= 4 is 11.6 Å². The van der Waals surface area contributed by atoms with Crippen LogP contribution < -0.4 is 0 Å². The lowest BCUT2D eigenvalue weighted by atomic mass is 9.96. The molecule has 2 rings (SSSR count). The monoisotopic (exact) mass is 296 g/mol. The van der Waals surface area contributed by atoms with Gasteiger partial charge in [-0.25, -0.2) is 4.39 Å². The molecule has 1 fully saturated rings. The Morgan fingerprint density at radius 2 is 2.19 bits per heavy atom. The van der Waals surface area contributed by atoms with Gasteiger partial charge in [0.1, 0.15) is 5.82 Å². The quantitative estimate of drug-likeness (QED) is 0.684. The van der Waals surface area contributed by atoms with Gasteiger partial charge in [-0.1, -0.05) is 0 Å². The molecule has 0 bridgehead atoms. The van der Waals surface area contributed by atoms with E-state index < -0.39 is 27.9 Å². The van der Waals surface area contributed by atoms with Crippen LogP contribution >= 0.6 is 0 Å². The molecule has 1 saturated heterocycles. The van der Waals surface area contributed by atoms with Crippen LogP contribution in [0.1, 0.15) is 37.0 Å². The van der Waals surface area contributed by atoms with Gasteiger partial charge in [0.15, 0.2) is 0 Å². The fraction of sp³-hybridized carbons (Fsp3) is 0.500. The van der Waals surface area contributed by atoms with E-state index in [9.17, 15) is 24.4 Å². The van der Waals surface area contributed by atoms with Crippen molar-refractivity contribution in [1.82, 2.24) is 4.90 Å². The predicted molar refractivity (Wildman–Crippen MR) is 73.4 cm³/mol. The van der Waals surface area contributed by atoms with Crippen LogP contribution in [0.4, 0.5) is 10.1 Å². The number of likely N-dealkylation sites (tertiary alicyclic amines) is 1. The molecule has 0 spiro atoms. The third-order valence-corrected chi connectivity index (χ3v) is 3.72. The van der Waals surface area contributed by atoms with Crippen molar-refractivity contribution in [3.63, 3.8) is 0 Å². The van der Waals surface area contributed by atoms with Crippen molar-refractivity contribution in [2.45, 2.75) is 38.3 Å². The number of nitro benzene ring substituents is 1. The minimum absolute atomic E-state index is 0.211. The molecule has 0 saturated carbocycles. The zero-order chi connectivity index (χ0) is 15.8. The maximum atomic E-state index is 13.9. The van der Waals surface area contributed by atoms with Crippen molar-refractivity contribution in [3.05, 3.63) is 39.7 Å². The Morgan fingerprint density at radius 1 is 1.52 bits per heavy atom. The SMILES string of the molecule is CC(C)(O)C1CCCN1C(=O)c1ccc([N+](=O)[O-])cc1F. The second kappa shape index (κ2) is 5.40. The van der Waals surface area contributed by atoms with E-state index in [2.05, 4.69) is 0 Å². The molecule has 1 atom stereocenters. The smallest absolute Gasteiger partial charge is 0.272 e. The summed E-state index contributed by atoms with van der Waals surface area (Å²) in [5.74, 6) is -1.47. The van der Waals surface area contributed by atoms with Crippen LogP contribution in [-0.2, 0) is 0 Å². The lowest BCUT2D eigenvalue weighted by Crippen LogP contribution is -2.48. The molecule has 1 amide bonds. The molecule has 1 aliphatic heterocycles. The lowest BCUT2D eigenvalue weighted by molar-refractivity contribution is -0.385. The van der Waals surface area contributed by atoms with Gasteiger partial charge in [-0.2, -0.15) is 0 Å². The highest BCUT2D eigenvalue weighted by atomic mass is 19.1. The zero-order valence-corrected chi connectivity index (χ0v) is 11.9. The number of non-ortho nitro benzene ring substituents is 1. The van der Waals surface area contributed by atoms with Gasteiger partial charge in [-0.05, 0) is 32.8 Å². The summed E-state index contributed by atoms with van der Waals surface area (Å²) in [6.07, 6.45) is 1.37. The fourth-order valence-corrected chi connectivity index (χ4v) is 2.69. The largest absolute Gasteiger partial charge is 0.388 e. The van der Waals surface area contributed by atoms with Gasteiger partial charge in [0, 0.05) is 12.6 Å². The highest BCUT2D eigenvalue weighted by Gasteiger charge is 2.39. The average Bonchev–Trinajstić information content (AvgIpc) is 2.86. The average molecular weight is 296 g/mol. The summed E-state index contributed by atoms with van der Waals surface area (Å²) >= 11 is 0. The van der Waals surface area contributed by atoms with Gasteiger partial charge in [0.2, 0.25) is 0 Å². The molecule has 6 nitrogen and oxygen atoms in total. The van der Waals surface area contributed by atoms with Crippen molar-refractivity contribution in [2.24, 2.45) is 0 Å². The van der Waals surface area contributed by atoms with E-state index in [1.807, 2.05) is 0 Å².